The molecule has 3 heteroatoms. The number of thioether (sulfide) groups is 1. The van der Waals surface area contributed by atoms with Gasteiger partial charge in [0.2, 0.25) is 0 Å². The maximum absolute atomic E-state index is 11.3. The van der Waals surface area contributed by atoms with Crippen molar-refractivity contribution in [2.45, 2.75) is 37.3 Å². The van der Waals surface area contributed by atoms with Crippen LogP contribution in [0.5, 0.6) is 5.75 Å². The van der Waals surface area contributed by atoms with Gasteiger partial charge in [0.25, 0.3) is 0 Å². The maximum atomic E-state index is 11.3. The number of carbonyl (C=O) groups excluding carboxylic acids is 1. The number of methoxy groups -OCH3 is 1. The van der Waals surface area contributed by atoms with E-state index in [0.717, 1.165) is 22.0 Å². The van der Waals surface area contributed by atoms with Crippen molar-refractivity contribution < 1.29 is 9.53 Å². The van der Waals surface area contributed by atoms with E-state index in [1.54, 1.807) is 25.8 Å². The van der Waals surface area contributed by atoms with E-state index in [2.05, 4.69) is 26.0 Å². The van der Waals surface area contributed by atoms with Gasteiger partial charge >= 0.3 is 0 Å². The fourth-order valence-electron chi connectivity index (χ4n) is 2.22. The van der Waals surface area contributed by atoms with Gasteiger partial charge in [-0.25, -0.2) is 0 Å². The molecule has 0 aliphatic carbocycles. The van der Waals surface area contributed by atoms with Crippen LogP contribution in [0.15, 0.2) is 47.4 Å². The Kier molecular flexibility index (Phi) is 5.67. The lowest BCUT2D eigenvalue weighted by Gasteiger charge is -2.12. The molecule has 116 valence electrons. The zero-order valence-corrected chi connectivity index (χ0v) is 14.4. The van der Waals surface area contributed by atoms with Gasteiger partial charge in [-0.1, -0.05) is 38.1 Å². The monoisotopic (exact) mass is 314 g/mol. The van der Waals surface area contributed by atoms with Crippen molar-refractivity contribution in [2.24, 2.45) is 0 Å². The summed E-state index contributed by atoms with van der Waals surface area (Å²) in [7, 11) is 1.71. The number of carbonyl (C=O) groups is 1. The maximum Gasteiger partial charge on any atom is 0.159 e. The Morgan fingerprint density at radius 1 is 1.14 bits per heavy atom. The summed E-state index contributed by atoms with van der Waals surface area (Å²) in [4.78, 5) is 12.5. The summed E-state index contributed by atoms with van der Waals surface area (Å²) in [6.45, 7) is 5.98. The zero-order chi connectivity index (χ0) is 16.1. The van der Waals surface area contributed by atoms with Crippen LogP contribution in [0.25, 0.3) is 0 Å². The highest BCUT2D eigenvalue weighted by molar-refractivity contribution is 7.98. The molecule has 0 unspecified atom stereocenters. The molecular formula is C19H22O2S. The SMILES string of the molecule is COc1ccc(C(C)C)cc1CSc1ccc(C(C)=O)cc1. The van der Waals surface area contributed by atoms with Gasteiger partial charge in [0.15, 0.2) is 5.78 Å². The predicted octanol–water partition coefficient (Wildman–Crippen LogP) is 5.31. The molecule has 2 nitrogen and oxygen atoms in total. The van der Waals surface area contributed by atoms with Crippen LogP contribution in [0.3, 0.4) is 0 Å². The van der Waals surface area contributed by atoms with Crippen molar-refractivity contribution in [3.63, 3.8) is 0 Å². The minimum Gasteiger partial charge on any atom is -0.496 e. The van der Waals surface area contributed by atoms with Crippen molar-refractivity contribution in [2.75, 3.05) is 7.11 Å². The van der Waals surface area contributed by atoms with Crippen LogP contribution < -0.4 is 4.74 Å². The van der Waals surface area contributed by atoms with E-state index in [-0.39, 0.29) is 5.78 Å². The Hall–Kier alpha value is -1.74. The van der Waals surface area contributed by atoms with Crippen LogP contribution in [0.1, 0.15) is 48.2 Å². The van der Waals surface area contributed by atoms with Gasteiger partial charge in [-0.3, -0.25) is 4.79 Å². The molecule has 0 N–H and O–H groups in total. The van der Waals surface area contributed by atoms with Crippen molar-refractivity contribution in [3.8, 4) is 5.75 Å². The molecule has 0 spiro atoms. The number of hydrogen-bond acceptors (Lipinski definition) is 3. The summed E-state index contributed by atoms with van der Waals surface area (Å²) in [5.41, 5.74) is 3.28. The summed E-state index contributed by atoms with van der Waals surface area (Å²) in [5, 5.41) is 0. The van der Waals surface area contributed by atoms with E-state index in [0.29, 0.717) is 5.92 Å². The molecule has 0 saturated carbocycles. The van der Waals surface area contributed by atoms with Crippen LogP contribution in [-0.2, 0) is 5.75 Å². The highest BCUT2D eigenvalue weighted by Gasteiger charge is 2.08. The Bertz CT molecular complexity index is 645. The highest BCUT2D eigenvalue weighted by Crippen LogP contribution is 2.30. The fraction of sp³-hybridized carbons (Fsp3) is 0.316. The number of Topliss-reactive ketones (excluding diaryl/α,β-unsaturated/α-hetero) is 1. The van der Waals surface area contributed by atoms with Crippen LogP contribution in [0.2, 0.25) is 0 Å². The van der Waals surface area contributed by atoms with Crippen LogP contribution in [-0.4, -0.2) is 12.9 Å². The zero-order valence-electron chi connectivity index (χ0n) is 13.6. The van der Waals surface area contributed by atoms with Gasteiger partial charge in [0.1, 0.15) is 5.75 Å². The third kappa shape index (κ3) is 4.14. The average Bonchev–Trinajstić information content (AvgIpc) is 2.52. The van der Waals surface area contributed by atoms with Crippen LogP contribution >= 0.6 is 11.8 Å². The number of benzene rings is 2. The first-order valence-electron chi connectivity index (χ1n) is 7.42. The average molecular weight is 314 g/mol. The molecule has 0 heterocycles. The lowest BCUT2D eigenvalue weighted by atomic mass is 10.0. The predicted molar refractivity (Wildman–Crippen MR) is 93.1 cm³/mol. The second kappa shape index (κ2) is 7.50. The van der Waals surface area contributed by atoms with Gasteiger partial charge in [-0.15, -0.1) is 11.8 Å². The Morgan fingerprint density at radius 3 is 2.36 bits per heavy atom. The smallest absolute Gasteiger partial charge is 0.159 e. The summed E-state index contributed by atoms with van der Waals surface area (Å²) in [5.74, 6) is 2.38. The molecule has 2 rings (SSSR count). The van der Waals surface area contributed by atoms with Crippen molar-refractivity contribution in [3.05, 3.63) is 59.2 Å². The first kappa shape index (κ1) is 16.6. The molecule has 0 radical (unpaired) electrons. The minimum atomic E-state index is 0.0999. The lowest BCUT2D eigenvalue weighted by Crippen LogP contribution is -1.95. The lowest BCUT2D eigenvalue weighted by molar-refractivity contribution is 0.101. The van der Waals surface area contributed by atoms with Gasteiger partial charge in [-0.2, -0.15) is 0 Å². The Balaban J connectivity index is 2.13. The highest BCUT2D eigenvalue weighted by atomic mass is 32.2. The largest absolute Gasteiger partial charge is 0.496 e. The third-order valence-electron chi connectivity index (χ3n) is 3.63. The first-order valence-corrected chi connectivity index (χ1v) is 8.40. The van der Waals surface area contributed by atoms with Gasteiger partial charge in [-0.05, 0) is 36.6 Å². The first-order chi connectivity index (χ1) is 10.5. The summed E-state index contributed by atoms with van der Waals surface area (Å²) in [6.07, 6.45) is 0. The van der Waals surface area contributed by atoms with E-state index in [1.807, 2.05) is 30.3 Å². The second-order valence-corrected chi connectivity index (χ2v) is 6.64. The molecular weight excluding hydrogens is 292 g/mol. The van der Waals surface area contributed by atoms with Crippen molar-refractivity contribution in [1.29, 1.82) is 0 Å². The fourth-order valence-corrected chi connectivity index (χ4v) is 3.09. The van der Waals surface area contributed by atoms with E-state index in [4.69, 9.17) is 4.74 Å². The van der Waals surface area contributed by atoms with Crippen LogP contribution in [0, 0.1) is 0 Å². The minimum absolute atomic E-state index is 0.0999. The molecule has 0 aromatic heterocycles. The van der Waals surface area contributed by atoms with Crippen molar-refractivity contribution in [1.82, 2.24) is 0 Å². The number of rotatable bonds is 6. The normalized spacial score (nSPS) is 10.8. The van der Waals surface area contributed by atoms with E-state index in [1.165, 1.54) is 11.1 Å². The Labute approximate surface area is 136 Å². The van der Waals surface area contributed by atoms with E-state index in [9.17, 15) is 4.79 Å². The molecule has 0 aliphatic heterocycles. The molecule has 2 aromatic carbocycles. The third-order valence-corrected chi connectivity index (χ3v) is 4.69. The molecule has 0 aliphatic rings. The number of ketones is 1. The standard InChI is InChI=1S/C19H22O2S/c1-13(2)16-7-10-19(21-4)17(11-16)12-22-18-8-5-15(6-9-18)14(3)20/h5-11,13H,12H2,1-4H3. The van der Waals surface area contributed by atoms with Gasteiger partial charge < -0.3 is 4.74 Å². The second-order valence-electron chi connectivity index (χ2n) is 5.60. The van der Waals surface area contributed by atoms with E-state index >= 15 is 0 Å². The molecule has 22 heavy (non-hydrogen) atoms. The number of hydrogen-bond donors (Lipinski definition) is 0. The molecule has 0 bridgehead atoms. The summed E-state index contributed by atoms with van der Waals surface area (Å²) >= 11 is 1.75. The molecule has 0 fully saturated rings. The molecule has 0 atom stereocenters. The van der Waals surface area contributed by atoms with Crippen molar-refractivity contribution >= 4 is 17.5 Å². The van der Waals surface area contributed by atoms with Gasteiger partial charge in [0.05, 0.1) is 7.11 Å². The van der Waals surface area contributed by atoms with Gasteiger partial charge in [0, 0.05) is 21.8 Å². The summed E-state index contributed by atoms with van der Waals surface area (Å²) in [6, 6.07) is 14.2. The molecule has 0 amide bonds. The quantitative estimate of drug-likeness (QED) is 0.533. The Morgan fingerprint density at radius 2 is 1.82 bits per heavy atom. The molecule has 0 saturated heterocycles. The summed E-state index contributed by atoms with van der Waals surface area (Å²) < 4.78 is 5.46. The topological polar surface area (TPSA) is 26.3 Å². The van der Waals surface area contributed by atoms with Crippen LogP contribution in [0.4, 0.5) is 0 Å². The van der Waals surface area contributed by atoms with E-state index < -0.39 is 0 Å². The molecule has 2 aromatic rings. The number of ether oxygens (including phenoxy) is 1.